The third-order valence-electron chi connectivity index (χ3n) is 8.63. The van der Waals surface area contributed by atoms with Gasteiger partial charge in [0, 0.05) is 48.1 Å². The van der Waals surface area contributed by atoms with Crippen molar-refractivity contribution in [2.75, 3.05) is 26.7 Å². The lowest BCUT2D eigenvalue weighted by Crippen LogP contribution is -2.49. The Morgan fingerprint density at radius 2 is 2.00 bits per heavy atom. The highest BCUT2D eigenvalue weighted by Gasteiger charge is 2.44. The summed E-state index contributed by atoms with van der Waals surface area (Å²) < 4.78 is 4.70. The number of aryl methyl sites for hydroxylation is 1. The minimum atomic E-state index is -1.31. The number of ether oxygens (including phenoxy) is 1. The zero-order valence-corrected chi connectivity index (χ0v) is 24.2. The molecule has 9 heteroatoms. The fraction of sp³-hybridized carbons (Fsp3) is 0.548. The fourth-order valence-electron chi connectivity index (χ4n) is 6.38. The summed E-state index contributed by atoms with van der Waals surface area (Å²) in [4.78, 5) is 27.0. The highest BCUT2D eigenvalue weighted by molar-refractivity contribution is 6.33. The number of aliphatic hydroxyl groups excluding tert-OH is 1. The number of rotatable bonds is 9. The maximum Gasteiger partial charge on any atom is 0.406 e. The fourth-order valence-corrected chi connectivity index (χ4v) is 6.66. The molecule has 1 saturated heterocycles. The van der Waals surface area contributed by atoms with Crippen molar-refractivity contribution in [2.24, 2.45) is 17.6 Å². The Labute approximate surface area is 241 Å². The van der Waals surface area contributed by atoms with Crippen LogP contribution in [-0.4, -0.2) is 66.0 Å². The molecule has 5 atom stereocenters. The summed E-state index contributed by atoms with van der Waals surface area (Å²) in [6, 6.07) is 13.4. The average molecular weight is 572 g/mol. The molecular formula is C31H42ClN3O5. The van der Waals surface area contributed by atoms with Gasteiger partial charge in [-0.25, -0.2) is 4.79 Å². The molecule has 8 nitrogen and oxygen atoms in total. The van der Waals surface area contributed by atoms with Gasteiger partial charge in [-0.2, -0.15) is 0 Å². The van der Waals surface area contributed by atoms with E-state index in [2.05, 4.69) is 24.4 Å². The third kappa shape index (κ3) is 6.62. The number of hydrogen-bond acceptors (Lipinski definition) is 6. The van der Waals surface area contributed by atoms with E-state index in [0.717, 1.165) is 36.0 Å². The molecule has 0 aromatic heterocycles. The van der Waals surface area contributed by atoms with Crippen LogP contribution in [0.4, 0.5) is 4.79 Å². The molecule has 1 aliphatic carbocycles. The summed E-state index contributed by atoms with van der Waals surface area (Å²) in [6.45, 7) is 3.44. The molecule has 2 fully saturated rings. The van der Waals surface area contributed by atoms with Crippen molar-refractivity contribution in [3.05, 3.63) is 58.6 Å². The largest absolute Gasteiger partial charge is 0.453 e. The van der Waals surface area contributed by atoms with Crippen molar-refractivity contribution in [1.82, 2.24) is 10.2 Å². The van der Waals surface area contributed by atoms with Gasteiger partial charge < -0.3 is 30.9 Å². The van der Waals surface area contributed by atoms with E-state index in [1.165, 1.54) is 12.7 Å². The molecule has 0 bridgehead atoms. The number of aliphatic hydroxyl groups is 2. The van der Waals surface area contributed by atoms with Crippen LogP contribution in [0.1, 0.15) is 56.6 Å². The number of nitrogens with one attached hydrogen (secondary N) is 1. The van der Waals surface area contributed by atoms with Crippen LogP contribution in [0.3, 0.4) is 0 Å². The molecule has 218 valence electrons. The number of nitrogens with zero attached hydrogens (tertiary/aromatic N) is 1. The molecule has 0 radical (unpaired) electrons. The summed E-state index contributed by atoms with van der Waals surface area (Å²) in [5.41, 5.74) is 8.30. The van der Waals surface area contributed by atoms with E-state index in [-0.39, 0.29) is 23.8 Å². The second kappa shape index (κ2) is 13.3. The number of carbonyl (C=O) groups excluding carboxylic acids is 2. The van der Waals surface area contributed by atoms with E-state index in [0.29, 0.717) is 50.3 Å². The molecule has 1 heterocycles. The number of likely N-dealkylation sites (tertiary alicyclic amines) is 1. The van der Waals surface area contributed by atoms with Crippen LogP contribution in [0.25, 0.3) is 11.1 Å². The van der Waals surface area contributed by atoms with Gasteiger partial charge in [-0.05, 0) is 67.7 Å². The monoisotopic (exact) mass is 571 g/mol. The normalized spacial score (nSPS) is 24.4. The lowest BCUT2D eigenvalue weighted by atomic mass is 9.72. The lowest BCUT2D eigenvalue weighted by Gasteiger charge is -2.44. The van der Waals surface area contributed by atoms with Crippen LogP contribution in [-0.2, 0) is 21.6 Å². The molecule has 40 heavy (non-hydrogen) atoms. The molecule has 2 aromatic rings. The van der Waals surface area contributed by atoms with Crippen LogP contribution < -0.4 is 11.1 Å². The number of benzene rings is 2. The van der Waals surface area contributed by atoms with E-state index in [9.17, 15) is 19.8 Å². The number of amides is 2. The Kier molecular flexibility index (Phi) is 10.1. The number of carbonyl (C=O) groups is 2. The molecule has 1 aliphatic heterocycles. The van der Waals surface area contributed by atoms with Crippen molar-refractivity contribution in [2.45, 2.75) is 69.6 Å². The number of methoxy groups -OCH3 is 1. The Balaban J connectivity index is 1.68. The molecule has 0 spiro atoms. The highest BCUT2D eigenvalue weighted by atomic mass is 35.5. The topological polar surface area (TPSA) is 125 Å². The van der Waals surface area contributed by atoms with E-state index in [1.54, 1.807) is 0 Å². The first-order chi connectivity index (χ1) is 19.2. The molecule has 5 N–H and O–H groups in total. The minimum absolute atomic E-state index is 0.00614. The van der Waals surface area contributed by atoms with Gasteiger partial charge in [-0.3, -0.25) is 4.79 Å². The Hall–Kier alpha value is -2.65. The lowest BCUT2D eigenvalue weighted by molar-refractivity contribution is -0.141. The summed E-state index contributed by atoms with van der Waals surface area (Å²) in [5, 5.41) is 26.1. The van der Waals surface area contributed by atoms with Gasteiger partial charge in [0.25, 0.3) is 0 Å². The summed E-state index contributed by atoms with van der Waals surface area (Å²) in [6.07, 6.45) is 2.87. The predicted octanol–water partition coefficient (Wildman–Crippen LogP) is 4.23. The van der Waals surface area contributed by atoms with E-state index in [4.69, 9.17) is 22.1 Å². The van der Waals surface area contributed by atoms with Gasteiger partial charge in [0.2, 0.25) is 5.91 Å². The zero-order valence-electron chi connectivity index (χ0n) is 23.4. The Morgan fingerprint density at radius 3 is 2.70 bits per heavy atom. The van der Waals surface area contributed by atoms with E-state index in [1.807, 2.05) is 35.2 Å². The first-order valence-corrected chi connectivity index (χ1v) is 14.7. The van der Waals surface area contributed by atoms with Crippen LogP contribution in [0, 0.1) is 11.8 Å². The molecule has 2 aliphatic rings. The van der Waals surface area contributed by atoms with Crippen LogP contribution >= 0.6 is 11.6 Å². The first kappa shape index (κ1) is 30.3. The summed E-state index contributed by atoms with van der Waals surface area (Å²) >= 11 is 6.83. The van der Waals surface area contributed by atoms with E-state index >= 15 is 0 Å². The number of halogens is 1. The van der Waals surface area contributed by atoms with Gasteiger partial charge in [0.15, 0.2) is 0 Å². The van der Waals surface area contributed by atoms with Crippen molar-refractivity contribution in [1.29, 1.82) is 0 Å². The van der Waals surface area contributed by atoms with Crippen molar-refractivity contribution in [3.8, 4) is 11.1 Å². The molecule has 1 saturated carbocycles. The van der Waals surface area contributed by atoms with E-state index < -0.39 is 17.8 Å². The maximum absolute atomic E-state index is 13.5. The Bertz CT molecular complexity index is 1180. The number of hydrogen-bond donors (Lipinski definition) is 4. The third-order valence-corrected chi connectivity index (χ3v) is 8.94. The second-order valence-corrected chi connectivity index (χ2v) is 11.6. The highest BCUT2D eigenvalue weighted by Crippen LogP contribution is 2.46. The molecule has 5 unspecified atom stereocenters. The predicted molar refractivity (Wildman–Crippen MR) is 156 cm³/mol. The van der Waals surface area contributed by atoms with Crippen LogP contribution in [0.5, 0.6) is 0 Å². The van der Waals surface area contributed by atoms with Gasteiger partial charge in [0.05, 0.1) is 18.8 Å². The van der Waals surface area contributed by atoms with Crippen LogP contribution in [0.15, 0.2) is 42.5 Å². The van der Waals surface area contributed by atoms with Gasteiger partial charge >= 0.3 is 6.09 Å². The van der Waals surface area contributed by atoms with Crippen molar-refractivity contribution in [3.63, 3.8) is 0 Å². The van der Waals surface area contributed by atoms with Gasteiger partial charge in [-0.1, -0.05) is 54.9 Å². The minimum Gasteiger partial charge on any atom is -0.453 e. The summed E-state index contributed by atoms with van der Waals surface area (Å²) in [5.74, 6) is -0.567. The average Bonchev–Trinajstić information content (AvgIpc) is 3.32. The zero-order chi connectivity index (χ0) is 28.9. The second-order valence-electron chi connectivity index (χ2n) is 11.2. The van der Waals surface area contributed by atoms with Gasteiger partial charge in [0.1, 0.15) is 0 Å². The summed E-state index contributed by atoms with van der Waals surface area (Å²) in [7, 11) is 1.32. The number of piperidine rings is 1. The van der Waals surface area contributed by atoms with Crippen molar-refractivity contribution >= 4 is 23.6 Å². The standard InChI is InChI=1S/C31H42ClN3O5/c1-3-20-8-4-9-21(16-20)28-24(11-5-12-25(28)32)31(39,13-7-14-34-30(38)40-2)23-10-6-15-35(19-23)29(37)22-17-26(33)27(36)18-22/h4-5,8-9,11-12,16,22-23,26-27,36,39H,3,6-7,10,13-15,17-19,33H2,1-2H3,(H,34,38). The Morgan fingerprint density at radius 1 is 1.23 bits per heavy atom. The molecule has 2 amide bonds. The molecule has 4 rings (SSSR count). The molecular weight excluding hydrogens is 530 g/mol. The molecule has 2 aromatic carbocycles. The van der Waals surface area contributed by atoms with Crippen LogP contribution in [0.2, 0.25) is 5.02 Å². The van der Waals surface area contributed by atoms with Crippen molar-refractivity contribution < 1.29 is 24.5 Å². The maximum atomic E-state index is 13.5. The number of nitrogens with two attached hydrogens (primary N) is 1. The smallest absolute Gasteiger partial charge is 0.406 e. The SMILES string of the molecule is CCc1cccc(-c2c(Cl)cccc2C(O)(CCCNC(=O)OC)C2CCCN(C(=O)C3CC(N)C(O)C3)C2)c1. The van der Waals surface area contributed by atoms with Gasteiger partial charge in [-0.15, -0.1) is 0 Å². The number of alkyl carbamates (subject to hydrolysis) is 1. The first-order valence-electron chi connectivity index (χ1n) is 14.3. The quantitative estimate of drug-likeness (QED) is 0.334.